The van der Waals surface area contributed by atoms with Gasteiger partial charge in [0, 0.05) is 0 Å². The maximum Gasteiger partial charge on any atom is 0.161 e. The van der Waals surface area contributed by atoms with Crippen LogP contribution >= 0.6 is 11.8 Å². The number of hydrogen-bond acceptors (Lipinski definition) is 4. The predicted octanol–water partition coefficient (Wildman–Crippen LogP) is 5.02. The Bertz CT molecular complexity index is 671. The van der Waals surface area contributed by atoms with Crippen molar-refractivity contribution < 1.29 is 13.9 Å². The van der Waals surface area contributed by atoms with Gasteiger partial charge in [0.2, 0.25) is 0 Å². The van der Waals surface area contributed by atoms with Crippen molar-refractivity contribution in [1.29, 1.82) is 0 Å². The van der Waals surface area contributed by atoms with Crippen LogP contribution in [-0.4, -0.2) is 14.2 Å². The number of ether oxygens (including phenoxy) is 2. The Hall–Kier alpha value is -2.33. The lowest BCUT2D eigenvalue weighted by Gasteiger charge is -2.16. The third-order valence-corrected chi connectivity index (χ3v) is 4.51. The fraction of sp³-hybridized carbons (Fsp3) is 0.105. The number of hydrogen-bond donors (Lipinski definition) is 0. The number of benzene rings is 2. The van der Waals surface area contributed by atoms with Gasteiger partial charge in [0.05, 0.1) is 25.7 Å². The molecular weight excluding hydrogens is 308 g/mol. The predicted molar refractivity (Wildman–Crippen MR) is 92.0 cm³/mol. The molecule has 1 radical (unpaired) electrons. The van der Waals surface area contributed by atoms with Crippen molar-refractivity contribution in [1.82, 2.24) is 0 Å². The van der Waals surface area contributed by atoms with Crippen molar-refractivity contribution in [3.8, 4) is 11.5 Å². The Balaban J connectivity index is 1.94. The molecule has 0 aliphatic rings. The summed E-state index contributed by atoms with van der Waals surface area (Å²) < 4.78 is 16.0. The van der Waals surface area contributed by atoms with Crippen LogP contribution in [0.5, 0.6) is 11.5 Å². The number of methoxy groups -OCH3 is 2. The van der Waals surface area contributed by atoms with Gasteiger partial charge >= 0.3 is 0 Å². The largest absolute Gasteiger partial charge is 0.497 e. The summed E-state index contributed by atoms with van der Waals surface area (Å²) in [7, 11) is 3.33. The van der Waals surface area contributed by atoms with E-state index in [1.54, 1.807) is 32.2 Å². The molecule has 0 saturated heterocycles. The van der Waals surface area contributed by atoms with E-state index in [9.17, 15) is 0 Å². The first-order valence-electron chi connectivity index (χ1n) is 7.17. The van der Waals surface area contributed by atoms with Crippen molar-refractivity contribution in [2.45, 2.75) is 5.09 Å². The van der Waals surface area contributed by atoms with Gasteiger partial charge in [0.15, 0.2) is 5.09 Å². The topological polar surface area (TPSA) is 31.6 Å². The van der Waals surface area contributed by atoms with Crippen LogP contribution in [-0.2, 0) is 0 Å². The van der Waals surface area contributed by atoms with Crippen LogP contribution in [0.2, 0.25) is 0 Å². The number of rotatable bonds is 6. The average molecular weight is 325 g/mol. The molecule has 3 rings (SSSR count). The molecule has 0 N–H and O–H groups in total. The highest BCUT2D eigenvalue weighted by Crippen LogP contribution is 2.40. The average Bonchev–Trinajstić information content (AvgIpc) is 3.13. The molecule has 0 fully saturated rings. The standard InChI is InChI=1S/C19H17O3S/c1-20-16-9-5-14(6-10-16)19(23-18-4-3-13-22-18)15-7-11-17(21-2)12-8-15/h3-13H,1-2H3. The minimum Gasteiger partial charge on any atom is -0.497 e. The van der Waals surface area contributed by atoms with Gasteiger partial charge in [0.1, 0.15) is 11.5 Å². The highest BCUT2D eigenvalue weighted by molar-refractivity contribution is 8.02. The third-order valence-electron chi connectivity index (χ3n) is 3.40. The Morgan fingerprint density at radius 3 is 1.70 bits per heavy atom. The second-order valence-electron chi connectivity index (χ2n) is 4.82. The summed E-state index contributed by atoms with van der Waals surface area (Å²) in [6.45, 7) is 0. The summed E-state index contributed by atoms with van der Waals surface area (Å²) in [5.41, 5.74) is 2.22. The van der Waals surface area contributed by atoms with Crippen molar-refractivity contribution in [2.75, 3.05) is 14.2 Å². The molecule has 3 aromatic rings. The van der Waals surface area contributed by atoms with Crippen LogP contribution in [0.4, 0.5) is 0 Å². The normalized spacial score (nSPS) is 10.7. The Kier molecular flexibility index (Phi) is 4.93. The van der Waals surface area contributed by atoms with E-state index in [1.165, 1.54) is 0 Å². The molecular formula is C19H17O3S. The molecule has 2 aromatic carbocycles. The quantitative estimate of drug-likeness (QED) is 0.596. The molecule has 23 heavy (non-hydrogen) atoms. The lowest BCUT2D eigenvalue weighted by molar-refractivity contribution is 0.414. The lowest BCUT2D eigenvalue weighted by atomic mass is 10.0. The summed E-state index contributed by atoms with van der Waals surface area (Å²) in [6, 6.07) is 19.9. The molecule has 0 aliphatic heterocycles. The van der Waals surface area contributed by atoms with Crippen LogP contribution in [0.3, 0.4) is 0 Å². The van der Waals surface area contributed by atoms with E-state index in [0.29, 0.717) is 0 Å². The molecule has 0 saturated carbocycles. The minimum absolute atomic E-state index is 0.839. The first-order valence-corrected chi connectivity index (χ1v) is 7.99. The molecule has 1 aromatic heterocycles. The van der Waals surface area contributed by atoms with E-state index in [2.05, 4.69) is 0 Å². The lowest BCUT2D eigenvalue weighted by Crippen LogP contribution is -1.98. The fourth-order valence-corrected chi connectivity index (χ4v) is 3.15. The minimum atomic E-state index is 0.839. The molecule has 1 heterocycles. The second-order valence-corrected chi connectivity index (χ2v) is 5.84. The van der Waals surface area contributed by atoms with Gasteiger partial charge in [0.25, 0.3) is 0 Å². The summed E-state index contributed by atoms with van der Waals surface area (Å²) in [5.74, 6) is 1.68. The van der Waals surface area contributed by atoms with Crippen LogP contribution in [0.1, 0.15) is 11.1 Å². The molecule has 117 valence electrons. The molecule has 0 spiro atoms. The highest BCUT2D eigenvalue weighted by atomic mass is 32.2. The van der Waals surface area contributed by atoms with E-state index in [4.69, 9.17) is 13.9 Å². The first kappa shape index (κ1) is 15.6. The van der Waals surface area contributed by atoms with Crippen molar-refractivity contribution in [2.24, 2.45) is 0 Å². The number of furan rings is 1. The van der Waals surface area contributed by atoms with Gasteiger partial charge in [-0.3, -0.25) is 0 Å². The van der Waals surface area contributed by atoms with Gasteiger partial charge in [-0.15, -0.1) is 0 Å². The fourth-order valence-electron chi connectivity index (χ4n) is 2.19. The third kappa shape index (κ3) is 3.71. The first-order chi connectivity index (χ1) is 11.3. The monoisotopic (exact) mass is 325 g/mol. The highest BCUT2D eigenvalue weighted by Gasteiger charge is 2.18. The molecule has 0 unspecified atom stereocenters. The maximum atomic E-state index is 5.49. The zero-order chi connectivity index (χ0) is 16.1. The Morgan fingerprint density at radius 1 is 0.783 bits per heavy atom. The molecule has 0 aliphatic carbocycles. The molecule has 3 nitrogen and oxygen atoms in total. The van der Waals surface area contributed by atoms with E-state index >= 15 is 0 Å². The van der Waals surface area contributed by atoms with Crippen LogP contribution in [0.25, 0.3) is 0 Å². The smallest absolute Gasteiger partial charge is 0.161 e. The van der Waals surface area contributed by atoms with E-state index in [0.717, 1.165) is 33.0 Å². The van der Waals surface area contributed by atoms with Crippen molar-refractivity contribution in [3.63, 3.8) is 0 Å². The van der Waals surface area contributed by atoms with Crippen molar-refractivity contribution in [3.05, 3.63) is 83.3 Å². The zero-order valence-electron chi connectivity index (χ0n) is 13.0. The molecule has 0 bridgehead atoms. The Labute approximate surface area is 140 Å². The Morgan fingerprint density at radius 2 is 1.30 bits per heavy atom. The summed E-state index contributed by atoms with van der Waals surface area (Å²) in [4.78, 5) is 0. The SMILES string of the molecule is COc1ccc([C](Sc2ccco2)c2ccc(OC)cc2)cc1. The van der Waals surface area contributed by atoms with E-state index in [1.807, 2.05) is 60.7 Å². The molecule has 4 heteroatoms. The zero-order valence-corrected chi connectivity index (χ0v) is 13.8. The summed E-state index contributed by atoms with van der Waals surface area (Å²) >= 11 is 1.60. The van der Waals surface area contributed by atoms with Crippen LogP contribution in [0, 0.1) is 5.25 Å². The van der Waals surface area contributed by atoms with Crippen LogP contribution < -0.4 is 9.47 Å². The molecule has 0 atom stereocenters. The van der Waals surface area contributed by atoms with Crippen LogP contribution in [0.15, 0.2) is 76.4 Å². The van der Waals surface area contributed by atoms with E-state index < -0.39 is 0 Å². The van der Waals surface area contributed by atoms with Crippen molar-refractivity contribution >= 4 is 11.8 Å². The van der Waals surface area contributed by atoms with Gasteiger partial charge in [-0.1, -0.05) is 36.0 Å². The van der Waals surface area contributed by atoms with Gasteiger partial charge in [-0.2, -0.15) is 0 Å². The molecule has 0 amide bonds. The van der Waals surface area contributed by atoms with Gasteiger partial charge in [-0.25, -0.2) is 0 Å². The van der Waals surface area contributed by atoms with E-state index in [-0.39, 0.29) is 0 Å². The maximum absolute atomic E-state index is 5.49. The number of thioether (sulfide) groups is 1. The summed E-state index contributed by atoms with van der Waals surface area (Å²) in [6.07, 6.45) is 1.68. The van der Waals surface area contributed by atoms with Gasteiger partial charge in [-0.05, 0) is 47.5 Å². The van der Waals surface area contributed by atoms with Gasteiger partial charge < -0.3 is 13.9 Å². The summed E-state index contributed by atoms with van der Waals surface area (Å²) in [5, 5.41) is 1.97. The second kappa shape index (κ2) is 7.29.